The fraction of sp³-hybridized carbons (Fsp3) is 1.00. The molecule has 1 aliphatic carbocycles. The SMILES string of the molecule is CC(C)(C)[S@+]([O-])N[C@H](CO)C1(C(F)F)CC1. The second-order valence-electron chi connectivity index (χ2n) is 5.27. The number of aliphatic hydroxyl groups excluding tert-OH is 1. The van der Waals surface area contributed by atoms with Crippen LogP contribution in [0.5, 0.6) is 0 Å². The Balaban J connectivity index is 2.63. The summed E-state index contributed by atoms with van der Waals surface area (Å²) in [5.41, 5.74) is -1.17. The van der Waals surface area contributed by atoms with Gasteiger partial charge in [-0.25, -0.2) is 8.78 Å². The number of nitrogens with one attached hydrogen (secondary N) is 1. The first-order valence-electron chi connectivity index (χ1n) is 5.31. The molecule has 0 aromatic rings. The minimum absolute atomic E-state index is 0.379. The van der Waals surface area contributed by atoms with Crippen LogP contribution >= 0.6 is 0 Å². The summed E-state index contributed by atoms with van der Waals surface area (Å²) in [6.07, 6.45) is -1.72. The summed E-state index contributed by atoms with van der Waals surface area (Å²) in [4.78, 5) is 0. The highest BCUT2D eigenvalue weighted by Gasteiger charge is 2.58. The van der Waals surface area contributed by atoms with Gasteiger partial charge in [0.05, 0.1) is 18.1 Å². The highest BCUT2D eigenvalue weighted by Crippen LogP contribution is 2.53. The Morgan fingerprint density at radius 1 is 1.44 bits per heavy atom. The molecule has 0 spiro atoms. The van der Waals surface area contributed by atoms with Crippen LogP contribution in [0.1, 0.15) is 33.6 Å². The maximum Gasteiger partial charge on any atom is 0.245 e. The third-order valence-electron chi connectivity index (χ3n) is 2.94. The fourth-order valence-electron chi connectivity index (χ4n) is 1.51. The second-order valence-corrected chi connectivity index (χ2v) is 7.27. The van der Waals surface area contributed by atoms with Crippen molar-refractivity contribution in [2.75, 3.05) is 6.61 Å². The molecule has 0 amide bonds. The van der Waals surface area contributed by atoms with Crippen LogP contribution in [0, 0.1) is 5.41 Å². The molecule has 0 aliphatic heterocycles. The standard InChI is InChI=1S/C10H19F2NO2S/c1-9(2,3)16(15)13-7(6-14)10(4-5-10)8(11)12/h7-8,13-14H,4-6H2,1-3H3/t7-,16+/m1/s1. The maximum absolute atomic E-state index is 12.8. The van der Waals surface area contributed by atoms with Crippen molar-refractivity contribution in [1.29, 1.82) is 0 Å². The van der Waals surface area contributed by atoms with Crippen molar-refractivity contribution < 1.29 is 18.4 Å². The van der Waals surface area contributed by atoms with Gasteiger partial charge in [0, 0.05) is 11.4 Å². The van der Waals surface area contributed by atoms with E-state index in [4.69, 9.17) is 5.11 Å². The van der Waals surface area contributed by atoms with Crippen molar-refractivity contribution in [3.05, 3.63) is 0 Å². The molecule has 0 aromatic carbocycles. The van der Waals surface area contributed by atoms with Gasteiger partial charge >= 0.3 is 0 Å². The van der Waals surface area contributed by atoms with Crippen LogP contribution in [-0.4, -0.2) is 33.5 Å². The molecule has 96 valence electrons. The number of aliphatic hydroxyl groups is 1. The summed E-state index contributed by atoms with van der Waals surface area (Å²) in [5, 5.41) is 9.13. The van der Waals surface area contributed by atoms with E-state index in [-0.39, 0.29) is 0 Å². The molecular weight excluding hydrogens is 236 g/mol. The molecule has 1 fully saturated rings. The Morgan fingerprint density at radius 3 is 2.19 bits per heavy atom. The van der Waals surface area contributed by atoms with E-state index in [1.165, 1.54) is 0 Å². The van der Waals surface area contributed by atoms with E-state index in [2.05, 4.69) is 4.72 Å². The summed E-state index contributed by atoms with van der Waals surface area (Å²) in [6, 6.07) is -0.785. The Bertz CT molecular complexity index is 241. The van der Waals surface area contributed by atoms with Gasteiger partial charge in [0.2, 0.25) is 6.43 Å². The second kappa shape index (κ2) is 4.76. The highest BCUT2D eigenvalue weighted by molar-refractivity contribution is 7.90. The number of alkyl halides is 2. The van der Waals surface area contributed by atoms with Crippen molar-refractivity contribution in [2.45, 2.75) is 50.8 Å². The largest absolute Gasteiger partial charge is 0.598 e. The molecule has 1 aliphatic rings. The summed E-state index contributed by atoms with van der Waals surface area (Å²) in [6.45, 7) is 4.86. The van der Waals surface area contributed by atoms with Gasteiger partial charge < -0.3 is 9.66 Å². The molecule has 0 bridgehead atoms. The average Bonchev–Trinajstić information content (AvgIpc) is 2.92. The summed E-state index contributed by atoms with van der Waals surface area (Å²) < 4.78 is 39.5. The topological polar surface area (TPSA) is 55.3 Å². The van der Waals surface area contributed by atoms with E-state index in [9.17, 15) is 13.3 Å². The number of hydrogen-bond donors (Lipinski definition) is 2. The molecule has 3 nitrogen and oxygen atoms in total. The summed E-state index contributed by atoms with van der Waals surface area (Å²) in [7, 11) is 0. The lowest BCUT2D eigenvalue weighted by Gasteiger charge is -2.31. The van der Waals surface area contributed by atoms with E-state index < -0.39 is 40.6 Å². The van der Waals surface area contributed by atoms with Gasteiger partial charge in [-0.05, 0) is 33.6 Å². The molecule has 1 rings (SSSR count). The third kappa shape index (κ3) is 2.85. The van der Waals surface area contributed by atoms with Crippen molar-refractivity contribution >= 4 is 11.4 Å². The molecule has 0 radical (unpaired) electrons. The molecule has 2 atom stereocenters. The van der Waals surface area contributed by atoms with Gasteiger partial charge in [0.25, 0.3) is 0 Å². The van der Waals surface area contributed by atoms with E-state index >= 15 is 0 Å². The fourth-order valence-corrected chi connectivity index (χ4v) is 2.43. The predicted octanol–water partition coefficient (Wildman–Crippen LogP) is 1.44. The Hall–Kier alpha value is 0.0900. The maximum atomic E-state index is 12.8. The molecule has 2 N–H and O–H groups in total. The molecule has 0 heterocycles. The van der Waals surface area contributed by atoms with Crippen molar-refractivity contribution in [3.63, 3.8) is 0 Å². The first kappa shape index (κ1) is 14.2. The first-order valence-corrected chi connectivity index (χ1v) is 6.46. The van der Waals surface area contributed by atoms with Crippen LogP contribution in [0.15, 0.2) is 0 Å². The van der Waals surface area contributed by atoms with Crippen molar-refractivity contribution in [1.82, 2.24) is 4.72 Å². The first-order chi connectivity index (χ1) is 7.24. The monoisotopic (exact) mass is 255 g/mol. The van der Waals surface area contributed by atoms with Gasteiger partial charge in [0.15, 0.2) is 0 Å². The van der Waals surface area contributed by atoms with Crippen LogP contribution in [0.2, 0.25) is 0 Å². The lowest BCUT2D eigenvalue weighted by atomic mass is 9.99. The third-order valence-corrected chi connectivity index (χ3v) is 4.55. The van der Waals surface area contributed by atoms with Crippen molar-refractivity contribution in [2.24, 2.45) is 5.41 Å². The Kier molecular flexibility index (Phi) is 4.21. The number of halogens is 2. The Labute approximate surface area is 97.9 Å². The molecule has 1 saturated carbocycles. The van der Waals surface area contributed by atoms with Crippen LogP contribution < -0.4 is 4.72 Å². The van der Waals surface area contributed by atoms with Gasteiger partial charge in [-0.2, -0.15) is 0 Å². The van der Waals surface area contributed by atoms with Gasteiger partial charge in [-0.3, -0.25) is 0 Å². The Morgan fingerprint density at radius 2 is 1.94 bits per heavy atom. The van der Waals surface area contributed by atoms with Crippen LogP contribution in [-0.2, 0) is 11.4 Å². The molecule has 0 aromatic heterocycles. The lowest BCUT2D eigenvalue weighted by molar-refractivity contribution is 0.0279. The molecule has 0 saturated heterocycles. The van der Waals surface area contributed by atoms with Crippen LogP contribution in [0.25, 0.3) is 0 Å². The van der Waals surface area contributed by atoms with Crippen molar-refractivity contribution in [3.8, 4) is 0 Å². The van der Waals surface area contributed by atoms with Crippen LogP contribution in [0.4, 0.5) is 8.78 Å². The lowest BCUT2D eigenvalue weighted by Crippen LogP contribution is -2.51. The predicted molar refractivity (Wildman–Crippen MR) is 59.6 cm³/mol. The normalized spacial score (nSPS) is 23.2. The number of hydrogen-bond acceptors (Lipinski definition) is 3. The summed E-state index contributed by atoms with van der Waals surface area (Å²) in [5.74, 6) is 0. The highest BCUT2D eigenvalue weighted by atomic mass is 32.2. The molecule has 0 unspecified atom stereocenters. The van der Waals surface area contributed by atoms with E-state index in [1.54, 1.807) is 20.8 Å². The molecule has 16 heavy (non-hydrogen) atoms. The number of rotatable bonds is 5. The minimum Gasteiger partial charge on any atom is -0.598 e. The van der Waals surface area contributed by atoms with Gasteiger partial charge in [-0.15, -0.1) is 4.72 Å². The molecular formula is C10H19F2NO2S. The van der Waals surface area contributed by atoms with E-state index in [0.29, 0.717) is 12.8 Å². The average molecular weight is 255 g/mol. The van der Waals surface area contributed by atoms with Gasteiger partial charge in [-0.1, -0.05) is 0 Å². The summed E-state index contributed by atoms with van der Waals surface area (Å²) >= 11 is -1.43. The van der Waals surface area contributed by atoms with E-state index in [0.717, 1.165) is 0 Å². The quantitative estimate of drug-likeness (QED) is 0.731. The van der Waals surface area contributed by atoms with Gasteiger partial charge in [0.1, 0.15) is 4.75 Å². The molecule has 6 heteroatoms. The zero-order valence-corrected chi connectivity index (χ0v) is 10.6. The zero-order chi connectivity index (χ0) is 12.6. The van der Waals surface area contributed by atoms with E-state index in [1.807, 2.05) is 0 Å². The van der Waals surface area contributed by atoms with Crippen LogP contribution in [0.3, 0.4) is 0 Å². The smallest absolute Gasteiger partial charge is 0.245 e. The minimum atomic E-state index is -2.48. The zero-order valence-electron chi connectivity index (χ0n) is 9.80.